The Hall–Kier alpha value is -6.48. The zero-order valence-corrected chi connectivity index (χ0v) is 41.3. The molecule has 0 unspecified atom stereocenters. The minimum absolute atomic E-state index is 0. The molecule has 0 aliphatic carbocycles. The van der Waals surface area contributed by atoms with E-state index in [1.54, 1.807) is 17.4 Å². The van der Waals surface area contributed by atoms with E-state index in [1.165, 1.54) is 33.6 Å². The fourth-order valence-electron chi connectivity index (χ4n) is 7.52. The molecule has 8 rings (SSSR count). The highest BCUT2D eigenvalue weighted by Gasteiger charge is 2.38. The van der Waals surface area contributed by atoms with Gasteiger partial charge in [0.25, 0.3) is 0 Å². The number of alkyl halides is 3. The Morgan fingerprint density at radius 2 is 1.06 bits per heavy atom. The molecule has 0 bridgehead atoms. The summed E-state index contributed by atoms with van der Waals surface area (Å²) in [6, 6.07) is 28.6. The second-order valence-electron chi connectivity index (χ2n) is 16.7. The van der Waals surface area contributed by atoms with Crippen LogP contribution in [-0.4, -0.2) is 98.6 Å². The molecule has 2 aromatic heterocycles. The highest BCUT2D eigenvalue weighted by atomic mass is 35.5. The first-order valence-electron chi connectivity index (χ1n) is 22.3. The first kappa shape index (κ1) is 54.5. The van der Waals surface area contributed by atoms with Crippen molar-refractivity contribution in [2.45, 2.75) is 84.6 Å². The number of benzene rings is 4. The number of carbonyl (C=O) groups is 2. The molecule has 20 heteroatoms. The Kier molecular flexibility index (Phi) is 19.8. The highest BCUT2D eigenvalue weighted by Crippen LogP contribution is 2.36. The first-order chi connectivity index (χ1) is 33.0. The minimum Gasteiger partial charge on any atom is -0.490 e. The number of aromatic nitrogens is 4. The van der Waals surface area contributed by atoms with Gasteiger partial charge in [-0.1, -0.05) is 46.9 Å². The monoisotopic (exact) mass is 1020 g/mol. The molecule has 3 N–H and O–H groups in total. The Labute approximate surface area is 418 Å². The summed E-state index contributed by atoms with van der Waals surface area (Å²) >= 11 is 3.06. The number of carboxylic acid groups (broad SMARTS) is 2. The first-order valence-corrected chi connectivity index (χ1v) is 23.9. The third kappa shape index (κ3) is 15.3. The van der Waals surface area contributed by atoms with Crippen molar-refractivity contribution in [2.24, 2.45) is 0 Å². The number of carboxylic acids is 2. The van der Waals surface area contributed by atoms with Crippen molar-refractivity contribution in [1.29, 1.82) is 10.5 Å². The number of aliphatic carboxylic acids is 2. The fraction of sp³-hybridized carbons (Fsp3) is 0.360. The number of hydrogen-bond donors (Lipinski definition) is 3. The standard InChI is InChI=1S/C26H28N4O3S.C22H22N4OS.C2HF3O2.ClH/c1-17(2)33-23-8-7-21(15-22(23)16-27)26-29-28-25(34-26)20-6-5-18-9-12-30(11-3-4-24(31)32)13-10-19(18)14-20;1-14(2)27-20-6-5-18(12-19(20)13-23)22-26-25-21(28-22)17-4-3-15-7-9-24-10-8-16(15)11-17;3-2(4,5)1(6)7;/h5-8,14-15,17H,3-4,9-13H2,1-2H3,(H,31,32);3-6,11-12,14,24H,7-10H2,1-2H3;(H,6,7);1H. The molecular formula is C50H52ClF3N8O6S2. The molecular weight excluding hydrogens is 965 g/mol. The zero-order valence-electron chi connectivity index (χ0n) is 38.9. The van der Waals surface area contributed by atoms with Crippen LogP contribution in [0.1, 0.15) is 73.9 Å². The van der Waals surface area contributed by atoms with Gasteiger partial charge in [-0.05, 0) is 150 Å². The lowest BCUT2D eigenvalue weighted by atomic mass is 10.0. The van der Waals surface area contributed by atoms with Gasteiger partial charge in [-0.3, -0.25) is 4.79 Å². The van der Waals surface area contributed by atoms with Gasteiger partial charge in [0.1, 0.15) is 43.7 Å². The fourth-order valence-corrected chi connectivity index (χ4v) is 9.19. The van der Waals surface area contributed by atoms with Gasteiger partial charge in [0.2, 0.25) is 0 Å². The Morgan fingerprint density at radius 3 is 1.47 bits per heavy atom. The molecule has 0 atom stereocenters. The van der Waals surface area contributed by atoms with Crippen LogP contribution in [0.15, 0.2) is 72.8 Å². The lowest BCUT2D eigenvalue weighted by molar-refractivity contribution is -0.192. The summed E-state index contributed by atoms with van der Waals surface area (Å²) in [7, 11) is 0. The van der Waals surface area contributed by atoms with Crippen LogP contribution in [0.2, 0.25) is 0 Å². The SMILES string of the molecule is CC(C)Oc1ccc(-c2nnc(-c3ccc4c(c3)CCN(CCCC(=O)O)CC4)s2)cc1C#N.CC(C)Oc1ccc(-c2nnc(-c3ccc4c(c3)CCNCC4)s2)cc1C#N.Cl.O=C(O)C(F)(F)F. The van der Waals surface area contributed by atoms with E-state index in [4.69, 9.17) is 24.5 Å². The lowest BCUT2D eigenvalue weighted by Crippen LogP contribution is -2.27. The maximum atomic E-state index is 10.8. The maximum absolute atomic E-state index is 10.8. The molecule has 14 nitrogen and oxygen atoms in total. The summed E-state index contributed by atoms with van der Waals surface area (Å²) in [6.45, 7) is 12.5. The predicted octanol–water partition coefficient (Wildman–Crippen LogP) is 10.1. The molecule has 368 valence electrons. The molecule has 2 aliphatic heterocycles. The van der Waals surface area contributed by atoms with E-state index in [9.17, 15) is 28.5 Å². The number of nitriles is 2. The van der Waals surface area contributed by atoms with E-state index < -0.39 is 18.1 Å². The molecule has 0 saturated heterocycles. The molecule has 0 spiro atoms. The minimum atomic E-state index is -5.08. The Morgan fingerprint density at radius 1 is 0.671 bits per heavy atom. The van der Waals surface area contributed by atoms with Gasteiger partial charge in [-0.25, -0.2) is 4.79 Å². The van der Waals surface area contributed by atoms with Gasteiger partial charge < -0.3 is 29.9 Å². The second-order valence-corrected chi connectivity index (χ2v) is 18.6. The summed E-state index contributed by atoms with van der Waals surface area (Å²) in [6.07, 6.45) is -0.156. The Bertz CT molecular complexity index is 2840. The quantitative estimate of drug-likeness (QED) is 0.104. The van der Waals surface area contributed by atoms with Gasteiger partial charge in [0.15, 0.2) is 0 Å². The molecule has 6 aromatic rings. The largest absolute Gasteiger partial charge is 0.490 e. The van der Waals surface area contributed by atoms with Crippen molar-refractivity contribution in [3.63, 3.8) is 0 Å². The molecule has 2 aliphatic rings. The van der Waals surface area contributed by atoms with Crippen molar-refractivity contribution < 1.29 is 42.4 Å². The topological polar surface area (TPSA) is 207 Å². The van der Waals surface area contributed by atoms with Crippen LogP contribution in [0.5, 0.6) is 11.5 Å². The number of fused-ring (bicyclic) bond motifs is 2. The van der Waals surface area contributed by atoms with Crippen molar-refractivity contribution in [2.75, 3.05) is 32.7 Å². The summed E-state index contributed by atoms with van der Waals surface area (Å²) < 4.78 is 43.2. The van der Waals surface area contributed by atoms with Gasteiger partial charge in [-0.2, -0.15) is 23.7 Å². The van der Waals surface area contributed by atoms with Crippen molar-refractivity contribution in [3.8, 4) is 65.9 Å². The number of halogens is 4. The second kappa shape index (κ2) is 25.4. The van der Waals surface area contributed by atoms with E-state index in [-0.39, 0.29) is 31.0 Å². The number of ether oxygens (including phenoxy) is 2. The molecule has 0 fully saturated rings. The molecule has 4 heterocycles. The number of rotatable bonds is 12. The summed E-state index contributed by atoms with van der Waals surface area (Å²) in [5.74, 6) is -2.31. The van der Waals surface area contributed by atoms with Crippen molar-refractivity contribution in [1.82, 2.24) is 30.6 Å². The third-order valence-electron chi connectivity index (χ3n) is 10.8. The van der Waals surface area contributed by atoms with Gasteiger partial charge in [0, 0.05) is 41.8 Å². The highest BCUT2D eigenvalue weighted by molar-refractivity contribution is 7.18. The summed E-state index contributed by atoms with van der Waals surface area (Å²) in [5.41, 5.74) is 10.3. The smallest absolute Gasteiger partial charge is 0.490 e. The Balaban J connectivity index is 0.000000230. The van der Waals surface area contributed by atoms with Crippen molar-refractivity contribution >= 4 is 47.0 Å². The average Bonchev–Trinajstić information content (AvgIpc) is 3.90. The van der Waals surface area contributed by atoms with E-state index in [2.05, 4.69) is 79.1 Å². The van der Waals surface area contributed by atoms with Crippen LogP contribution < -0.4 is 14.8 Å². The molecule has 0 radical (unpaired) electrons. The molecule has 70 heavy (non-hydrogen) atoms. The number of nitrogens with zero attached hydrogens (tertiary/aromatic N) is 7. The maximum Gasteiger partial charge on any atom is 0.490 e. The van der Waals surface area contributed by atoms with Crippen LogP contribution in [0, 0.1) is 22.7 Å². The van der Waals surface area contributed by atoms with Crippen molar-refractivity contribution in [3.05, 3.63) is 106 Å². The van der Waals surface area contributed by atoms with Crippen LogP contribution in [0.25, 0.3) is 42.3 Å². The van der Waals surface area contributed by atoms with Crippen LogP contribution >= 0.6 is 35.1 Å². The van der Waals surface area contributed by atoms with E-state index in [0.717, 1.165) is 101 Å². The summed E-state index contributed by atoms with van der Waals surface area (Å²) in [4.78, 5) is 22.0. The summed E-state index contributed by atoms with van der Waals surface area (Å²) in [5, 5.41) is 59.3. The number of hydrogen-bond acceptors (Lipinski definition) is 14. The van der Waals surface area contributed by atoms with E-state index >= 15 is 0 Å². The normalized spacial score (nSPS) is 13.3. The van der Waals surface area contributed by atoms with Crippen LogP contribution in [-0.2, 0) is 35.3 Å². The van der Waals surface area contributed by atoms with E-state index in [1.807, 2.05) is 58.0 Å². The van der Waals surface area contributed by atoms with Crippen LogP contribution in [0.3, 0.4) is 0 Å². The van der Waals surface area contributed by atoms with Gasteiger partial charge in [-0.15, -0.1) is 32.8 Å². The van der Waals surface area contributed by atoms with E-state index in [0.29, 0.717) is 29.0 Å². The average molecular weight is 1020 g/mol. The van der Waals surface area contributed by atoms with Crippen LogP contribution in [0.4, 0.5) is 13.2 Å². The molecule has 0 amide bonds. The zero-order chi connectivity index (χ0) is 49.7. The lowest BCUT2D eigenvalue weighted by Gasteiger charge is -2.18. The molecule has 4 aromatic carbocycles. The third-order valence-corrected chi connectivity index (χ3v) is 12.9. The molecule has 0 saturated carbocycles. The number of nitrogens with one attached hydrogen (secondary N) is 1. The predicted molar refractivity (Wildman–Crippen MR) is 264 cm³/mol. The van der Waals surface area contributed by atoms with Gasteiger partial charge in [0.05, 0.1) is 23.3 Å². The van der Waals surface area contributed by atoms with Gasteiger partial charge >= 0.3 is 18.1 Å².